The Balaban J connectivity index is 2.21. The molecule has 0 saturated carbocycles. The van der Waals surface area contributed by atoms with Crippen LogP contribution in [0.5, 0.6) is 11.5 Å². The molecule has 0 unspecified atom stereocenters. The minimum Gasteiger partial charge on any atom is -0.497 e. The van der Waals surface area contributed by atoms with Gasteiger partial charge in [0.1, 0.15) is 17.6 Å². The molecule has 5 nitrogen and oxygen atoms in total. The predicted molar refractivity (Wildman–Crippen MR) is 102 cm³/mol. The molecule has 1 heterocycles. The van der Waals surface area contributed by atoms with Crippen molar-refractivity contribution < 1.29 is 24.2 Å². The van der Waals surface area contributed by atoms with Gasteiger partial charge in [-0.3, -0.25) is 9.59 Å². The van der Waals surface area contributed by atoms with Crippen LogP contribution < -0.4 is 9.47 Å². The zero-order valence-electron chi connectivity index (χ0n) is 15.8. The van der Waals surface area contributed by atoms with Gasteiger partial charge in [0.05, 0.1) is 25.2 Å². The summed E-state index contributed by atoms with van der Waals surface area (Å²) in [7, 11) is 1.60. The molecule has 1 N–H and O–H groups in total. The fraction of sp³-hybridized carbons (Fsp3) is 0.364. The van der Waals surface area contributed by atoms with Crippen LogP contribution in [0.4, 0.5) is 0 Å². The number of carbonyl (C=O) groups excluding carboxylic acids is 2. The molecule has 0 amide bonds. The summed E-state index contributed by atoms with van der Waals surface area (Å²) in [6.45, 7) is 3.37. The first-order chi connectivity index (χ1) is 13.0. The van der Waals surface area contributed by atoms with Gasteiger partial charge in [-0.1, -0.05) is 26.0 Å². The van der Waals surface area contributed by atoms with E-state index in [4.69, 9.17) is 9.47 Å². The molecule has 2 aromatic carbocycles. The highest BCUT2D eigenvalue weighted by molar-refractivity contribution is 6.04. The average molecular weight is 368 g/mol. The van der Waals surface area contributed by atoms with Crippen molar-refractivity contribution in [2.45, 2.75) is 38.7 Å². The van der Waals surface area contributed by atoms with Crippen LogP contribution in [0, 0.1) is 0 Å². The molecule has 142 valence electrons. The number of hydrogen-bond acceptors (Lipinski definition) is 5. The molecule has 5 heteroatoms. The van der Waals surface area contributed by atoms with Crippen molar-refractivity contribution in [1.29, 1.82) is 0 Å². The summed E-state index contributed by atoms with van der Waals surface area (Å²) < 4.78 is 11.3. The van der Waals surface area contributed by atoms with Gasteiger partial charge in [0, 0.05) is 24.0 Å². The molecule has 0 aliphatic carbocycles. The fourth-order valence-corrected chi connectivity index (χ4v) is 3.57. The second kappa shape index (κ2) is 7.92. The normalized spacial score (nSPS) is 17.9. The number of ketones is 2. The summed E-state index contributed by atoms with van der Waals surface area (Å²) in [4.78, 5) is 24.9. The van der Waals surface area contributed by atoms with Crippen LogP contribution in [0.3, 0.4) is 0 Å². The summed E-state index contributed by atoms with van der Waals surface area (Å²) in [6.07, 6.45) is 0.141. The second-order valence-corrected chi connectivity index (χ2v) is 6.59. The molecule has 27 heavy (non-hydrogen) atoms. The maximum Gasteiger partial charge on any atom is 0.166 e. The summed E-state index contributed by atoms with van der Waals surface area (Å²) >= 11 is 0. The summed E-state index contributed by atoms with van der Waals surface area (Å²) in [5, 5.41) is 9.90. The largest absolute Gasteiger partial charge is 0.497 e. The lowest BCUT2D eigenvalue weighted by Crippen LogP contribution is -2.24. The summed E-state index contributed by atoms with van der Waals surface area (Å²) in [5.41, 5.74) is 2.58. The van der Waals surface area contributed by atoms with Gasteiger partial charge in [-0.05, 0) is 29.8 Å². The lowest BCUT2D eigenvalue weighted by molar-refractivity contribution is 0.0971. The Morgan fingerprint density at radius 1 is 1.11 bits per heavy atom. The highest BCUT2D eigenvalue weighted by Gasteiger charge is 2.38. The number of rotatable bonds is 7. The zero-order valence-corrected chi connectivity index (χ0v) is 15.8. The maximum absolute atomic E-state index is 12.5. The van der Waals surface area contributed by atoms with Crippen molar-refractivity contribution in [3.63, 3.8) is 0 Å². The third-order valence-corrected chi connectivity index (χ3v) is 4.99. The van der Waals surface area contributed by atoms with Crippen LogP contribution in [0.25, 0.3) is 0 Å². The number of aliphatic hydroxyl groups excluding tert-OH is 1. The quantitative estimate of drug-likeness (QED) is 0.753. The molecule has 0 spiro atoms. The van der Waals surface area contributed by atoms with Crippen LogP contribution in [-0.4, -0.2) is 36.5 Å². The molecule has 0 fully saturated rings. The van der Waals surface area contributed by atoms with E-state index in [1.807, 2.05) is 24.3 Å². The van der Waals surface area contributed by atoms with Crippen LogP contribution in [-0.2, 0) is 0 Å². The Bertz CT molecular complexity index is 871. The van der Waals surface area contributed by atoms with Gasteiger partial charge in [0.2, 0.25) is 0 Å². The molecule has 0 saturated heterocycles. The van der Waals surface area contributed by atoms with E-state index >= 15 is 0 Å². The Morgan fingerprint density at radius 2 is 1.85 bits per heavy atom. The second-order valence-electron chi connectivity index (χ2n) is 6.59. The highest BCUT2D eigenvalue weighted by atomic mass is 16.5. The van der Waals surface area contributed by atoms with Crippen LogP contribution in [0.15, 0.2) is 36.4 Å². The minimum absolute atomic E-state index is 0.0280. The maximum atomic E-state index is 12.5. The van der Waals surface area contributed by atoms with E-state index in [1.54, 1.807) is 33.1 Å². The van der Waals surface area contributed by atoms with E-state index in [2.05, 4.69) is 0 Å². The van der Waals surface area contributed by atoms with Gasteiger partial charge in [-0.15, -0.1) is 0 Å². The van der Waals surface area contributed by atoms with E-state index in [9.17, 15) is 14.7 Å². The van der Waals surface area contributed by atoms with Crippen molar-refractivity contribution in [3.8, 4) is 11.5 Å². The monoisotopic (exact) mass is 368 g/mol. The van der Waals surface area contributed by atoms with Crippen LogP contribution in [0.2, 0.25) is 0 Å². The lowest BCUT2D eigenvalue weighted by atomic mass is 9.85. The number of hydrogen-bond donors (Lipinski definition) is 1. The highest BCUT2D eigenvalue weighted by Crippen LogP contribution is 2.45. The average Bonchev–Trinajstić information content (AvgIpc) is 3.10. The van der Waals surface area contributed by atoms with E-state index in [1.165, 1.54) is 0 Å². The Kier molecular flexibility index (Phi) is 5.61. The third kappa shape index (κ3) is 3.47. The van der Waals surface area contributed by atoms with Gasteiger partial charge >= 0.3 is 0 Å². The number of carbonyl (C=O) groups is 2. The van der Waals surface area contributed by atoms with Crippen molar-refractivity contribution in [1.82, 2.24) is 0 Å². The van der Waals surface area contributed by atoms with Gasteiger partial charge in [-0.25, -0.2) is 0 Å². The summed E-state index contributed by atoms with van der Waals surface area (Å²) in [6, 6.07) is 11.0. The summed E-state index contributed by atoms with van der Waals surface area (Å²) in [5.74, 6) is 0.776. The first-order valence-electron chi connectivity index (χ1n) is 9.19. The topological polar surface area (TPSA) is 72.8 Å². The Hall–Kier alpha value is -2.66. The van der Waals surface area contributed by atoms with E-state index in [0.717, 1.165) is 11.1 Å². The van der Waals surface area contributed by atoms with Gasteiger partial charge < -0.3 is 14.6 Å². The number of methoxy groups -OCH3 is 1. The molecular formula is C22H24O5. The molecule has 3 rings (SSSR count). The molecule has 2 atom stereocenters. The van der Waals surface area contributed by atoms with Crippen LogP contribution >= 0.6 is 0 Å². The van der Waals surface area contributed by atoms with Gasteiger partial charge in [-0.2, -0.15) is 0 Å². The van der Waals surface area contributed by atoms with E-state index < -0.39 is 6.10 Å². The standard InChI is InChI=1S/C22H24O5/c1-4-18(24)14-10-16(19(25)5-2)22-17(11-14)21(20(12-23)27-22)13-7-6-8-15(9-13)26-3/h6-11,20-21,23H,4-5,12H2,1-3H3/t20-,21+/m1/s1. The number of aliphatic hydroxyl groups is 1. The minimum atomic E-state index is -0.525. The predicted octanol–water partition coefficient (Wildman–Crippen LogP) is 3.77. The SMILES string of the molecule is CCC(=O)c1cc(C(=O)CC)c2c(c1)[C@H](c1cccc(OC)c1)[C@@H](CO)O2. The zero-order chi connectivity index (χ0) is 19.6. The van der Waals surface area contributed by atoms with Crippen molar-refractivity contribution in [3.05, 3.63) is 58.7 Å². The molecular weight excluding hydrogens is 344 g/mol. The number of fused-ring (bicyclic) bond motifs is 1. The molecule has 0 radical (unpaired) electrons. The molecule has 1 aliphatic heterocycles. The smallest absolute Gasteiger partial charge is 0.166 e. The number of Topliss-reactive ketones (excluding diaryl/α,β-unsaturated/α-hetero) is 2. The third-order valence-electron chi connectivity index (χ3n) is 4.99. The van der Waals surface area contributed by atoms with Gasteiger partial charge in [0.15, 0.2) is 11.6 Å². The van der Waals surface area contributed by atoms with E-state index in [0.29, 0.717) is 35.5 Å². The molecule has 2 aromatic rings. The first kappa shape index (κ1) is 19.1. The lowest BCUT2D eigenvalue weighted by Gasteiger charge is -2.18. The van der Waals surface area contributed by atoms with E-state index in [-0.39, 0.29) is 24.1 Å². The molecule has 0 bridgehead atoms. The van der Waals surface area contributed by atoms with Crippen molar-refractivity contribution in [2.75, 3.05) is 13.7 Å². The molecule has 0 aromatic heterocycles. The Morgan fingerprint density at radius 3 is 2.48 bits per heavy atom. The number of benzene rings is 2. The van der Waals surface area contributed by atoms with Gasteiger partial charge in [0.25, 0.3) is 0 Å². The first-order valence-corrected chi connectivity index (χ1v) is 9.19. The van der Waals surface area contributed by atoms with Crippen molar-refractivity contribution >= 4 is 11.6 Å². The molecule has 1 aliphatic rings. The fourth-order valence-electron chi connectivity index (χ4n) is 3.57. The van der Waals surface area contributed by atoms with Crippen molar-refractivity contribution in [2.24, 2.45) is 0 Å². The Labute approximate surface area is 158 Å². The van der Waals surface area contributed by atoms with Crippen LogP contribution in [0.1, 0.15) is 64.4 Å². The number of ether oxygens (including phenoxy) is 2.